The zero-order valence-corrected chi connectivity index (χ0v) is 12.6. The minimum absolute atomic E-state index is 0.113. The molecule has 0 spiro atoms. The van der Waals surface area contributed by atoms with Gasteiger partial charge in [0.15, 0.2) is 17.4 Å². The van der Waals surface area contributed by atoms with Crippen molar-refractivity contribution in [1.82, 2.24) is 20.1 Å². The molecule has 2 aromatic rings. The van der Waals surface area contributed by atoms with Crippen molar-refractivity contribution >= 4 is 0 Å². The van der Waals surface area contributed by atoms with Gasteiger partial charge in [0.25, 0.3) is 0 Å². The first kappa shape index (κ1) is 15.4. The van der Waals surface area contributed by atoms with Crippen LogP contribution < -0.4 is 10.1 Å². The fraction of sp³-hybridized carbons (Fsp3) is 0.467. The summed E-state index contributed by atoms with van der Waals surface area (Å²) in [5.41, 5.74) is 0.901. The molecule has 0 aliphatic heterocycles. The van der Waals surface area contributed by atoms with Crippen LogP contribution in [0.25, 0.3) is 0 Å². The van der Waals surface area contributed by atoms with E-state index in [1.165, 1.54) is 12.4 Å². The second-order valence-electron chi connectivity index (χ2n) is 4.75. The Bertz CT molecular complexity index is 585. The van der Waals surface area contributed by atoms with E-state index in [1.54, 1.807) is 10.7 Å². The summed E-state index contributed by atoms with van der Waals surface area (Å²) in [5.74, 6) is 0.551. The van der Waals surface area contributed by atoms with E-state index in [4.69, 9.17) is 4.74 Å². The van der Waals surface area contributed by atoms with Crippen LogP contribution in [0.2, 0.25) is 0 Å². The highest BCUT2D eigenvalue weighted by Gasteiger charge is 2.10. The summed E-state index contributed by atoms with van der Waals surface area (Å²) in [6.45, 7) is 7.74. The van der Waals surface area contributed by atoms with Crippen molar-refractivity contribution in [2.75, 3.05) is 6.54 Å². The number of halogens is 1. The van der Waals surface area contributed by atoms with Gasteiger partial charge >= 0.3 is 0 Å². The van der Waals surface area contributed by atoms with Crippen LogP contribution in [0, 0.1) is 5.82 Å². The molecular formula is C15H21FN4O. The molecule has 0 fully saturated rings. The number of ether oxygens (including phenoxy) is 1. The van der Waals surface area contributed by atoms with E-state index in [2.05, 4.69) is 15.4 Å². The van der Waals surface area contributed by atoms with Gasteiger partial charge in [0, 0.05) is 12.6 Å². The van der Waals surface area contributed by atoms with Gasteiger partial charge in [-0.2, -0.15) is 5.10 Å². The van der Waals surface area contributed by atoms with Crippen LogP contribution in [-0.2, 0) is 13.2 Å². The lowest BCUT2D eigenvalue weighted by molar-refractivity contribution is 0.273. The summed E-state index contributed by atoms with van der Waals surface area (Å²) in [4.78, 5) is 4.10. The third-order valence-electron chi connectivity index (χ3n) is 3.32. The average Bonchev–Trinajstić information content (AvgIpc) is 2.93. The molecule has 0 aliphatic carbocycles. The van der Waals surface area contributed by atoms with E-state index in [9.17, 15) is 4.39 Å². The van der Waals surface area contributed by atoms with Gasteiger partial charge in [-0.25, -0.2) is 14.1 Å². The summed E-state index contributed by atoms with van der Waals surface area (Å²) >= 11 is 0. The Kier molecular flexibility index (Phi) is 5.27. The van der Waals surface area contributed by atoms with E-state index in [-0.39, 0.29) is 24.2 Å². The highest BCUT2D eigenvalue weighted by Crippen LogP contribution is 2.22. The monoisotopic (exact) mass is 292 g/mol. The molecule has 1 N–H and O–H groups in total. The molecule has 5 nitrogen and oxygen atoms in total. The van der Waals surface area contributed by atoms with Gasteiger partial charge in [0.05, 0.1) is 0 Å². The van der Waals surface area contributed by atoms with Gasteiger partial charge in [0.2, 0.25) is 0 Å². The number of nitrogens with one attached hydrogen (secondary N) is 1. The molecule has 0 saturated heterocycles. The lowest BCUT2D eigenvalue weighted by Gasteiger charge is -2.14. The Morgan fingerprint density at radius 1 is 1.38 bits per heavy atom. The molecule has 0 saturated carbocycles. The fourth-order valence-corrected chi connectivity index (χ4v) is 2.13. The summed E-state index contributed by atoms with van der Waals surface area (Å²) in [6, 6.07) is 5.15. The predicted octanol–water partition coefficient (Wildman–Crippen LogP) is 2.69. The Balaban J connectivity index is 2.04. The van der Waals surface area contributed by atoms with Crippen molar-refractivity contribution in [3.05, 3.63) is 41.7 Å². The van der Waals surface area contributed by atoms with Crippen LogP contribution in [0.4, 0.5) is 4.39 Å². The molecule has 1 unspecified atom stereocenters. The number of benzene rings is 1. The van der Waals surface area contributed by atoms with Gasteiger partial charge in [-0.1, -0.05) is 13.0 Å². The van der Waals surface area contributed by atoms with Crippen LogP contribution in [-0.4, -0.2) is 21.3 Å². The van der Waals surface area contributed by atoms with Crippen LogP contribution in [0.5, 0.6) is 5.75 Å². The number of hydrogen-bond acceptors (Lipinski definition) is 4. The smallest absolute Gasteiger partial charge is 0.165 e. The molecule has 0 radical (unpaired) electrons. The molecule has 114 valence electrons. The van der Waals surface area contributed by atoms with Crippen molar-refractivity contribution < 1.29 is 9.13 Å². The molecular weight excluding hydrogens is 271 g/mol. The number of nitrogens with zero attached hydrogens (tertiary/aromatic N) is 3. The number of aromatic nitrogens is 3. The third kappa shape index (κ3) is 3.78. The van der Waals surface area contributed by atoms with E-state index in [1.807, 2.05) is 26.8 Å². The Morgan fingerprint density at radius 3 is 2.86 bits per heavy atom. The van der Waals surface area contributed by atoms with E-state index >= 15 is 0 Å². The molecule has 6 heteroatoms. The number of aryl methyl sites for hydroxylation is 1. The normalized spacial score (nSPS) is 12.4. The highest BCUT2D eigenvalue weighted by molar-refractivity contribution is 5.31. The second kappa shape index (κ2) is 7.17. The minimum atomic E-state index is -0.361. The SMILES string of the molecule is CCNC(C)c1ccc(OCc2ncnn2CC)c(F)c1. The Hall–Kier alpha value is -1.95. The quantitative estimate of drug-likeness (QED) is 0.852. The molecule has 1 aromatic carbocycles. The van der Waals surface area contributed by atoms with E-state index < -0.39 is 0 Å². The molecule has 1 atom stereocenters. The van der Waals surface area contributed by atoms with Gasteiger partial charge in [-0.05, 0) is 38.1 Å². The minimum Gasteiger partial charge on any atom is -0.483 e. The summed E-state index contributed by atoms with van der Waals surface area (Å²) in [7, 11) is 0. The van der Waals surface area contributed by atoms with Gasteiger partial charge in [-0.15, -0.1) is 0 Å². The lowest BCUT2D eigenvalue weighted by atomic mass is 10.1. The van der Waals surface area contributed by atoms with Gasteiger partial charge in [0.1, 0.15) is 12.9 Å². The second-order valence-corrected chi connectivity index (χ2v) is 4.75. The molecule has 21 heavy (non-hydrogen) atoms. The molecule has 2 rings (SSSR count). The van der Waals surface area contributed by atoms with E-state index in [0.717, 1.165) is 12.1 Å². The maximum Gasteiger partial charge on any atom is 0.165 e. The molecule has 1 aromatic heterocycles. The van der Waals surface area contributed by atoms with Crippen LogP contribution in [0.15, 0.2) is 24.5 Å². The standard InChI is InChI=1S/C15H21FN4O/c1-4-17-11(3)12-6-7-14(13(16)8-12)21-9-15-18-10-19-20(15)5-2/h6-8,10-11,17H,4-5,9H2,1-3H3. The lowest BCUT2D eigenvalue weighted by Crippen LogP contribution is -2.17. The van der Waals surface area contributed by atoms with Crippen molar-refractivity contribution in [2.24, 2.45) is 0 Å². The first-order chi connectivity index (χ1) is 10.2. The van der Waals surface area contributed by atoms with Crippen molar-refractivity contribution in [3.63, 3.8) is 0 Å². The van der Waals surface area contributed by atoms with Crippen molar-refractivity contribution in [3.8, 4) is 5.75 Å². The van der Waals surface area contributed by atoms with Crippen LogP contribution in [0.3, 0.4) is 0 Å². The Labute approximate surface area is 124 Å². The molecule has 0 aliphatic rings. The maximum absolute atomic E-state index is 14.1. The first-order valence-corrected chi connectivity index (χ1v) is 7.18. The van der Waals surface area contributed by atoms with Crippen LogP contribution >= 0.6 is 0 Å². The summed E-state index contributed by atoms with van der Waals surface area (Å²) in [6.07, 6.45) is 1.47. The van der Waals surface area contributed by atoms with Gasteiger partial charge < -0.3 is 10.1 Å². The zero-order valence-electron chi connectivity index (χ0n) is 12.6. The zero-order chi connectivity index (χ0) is 15.2. The first-order valence-electron chi connectivity index (χ1n) is 7.18. The van der Waals surface area contributed by atoms with Gasteiger partial charge in [-0.3, -0.25) is 0 Å². The molecule has 1 heterocycles. The van der Waals surface area contributed by atoms with Crippen molar-refractivity contribution in [1.29, 1.82) is 0 Å². The largest absolute Gasteiger partial charge is 0.483 e. The summed E-state index contributed by atoms with van der Waals surface area (Å²) < 4.78 is 21.3. The fourth-order valence-electron chi connectivity index (χ4n) is 2.13. The third-order valence-corrected chi connectivity index (χ3v) is 3.32. The average molecular weight is 292 g/mol. The molecule has 0 bridgehead atoms. The van der Waals surface area contributed by atoms with Crippen molar-refractivity contribution in [2.45, 2.75) is 40.0 Å². The predicted molar refractivity (Wildman–Crippen MR) is 78.5 cm³/mol. The summed E-state index contributed by atoms with van der Waals surface area (Å²) in [5, 5.41) is 7.30. The molecule has 0 amide bonds. The highest BCUT2D eigenvalue weighted by atomic mass is 19.1. The Morgan fingerprint density at radius 2 is 2.19 bits per heavy atom. The van der Waals surface area contributed by atoms with E-state index in [0.29, 0.717) is 12.4 Å². The van der Waals surface area contributed by atoms with Crippen LogP contribution in [0.1, 0.15) is 38.2 Å². The number of hydrogen-bond donors (Lipinski definition) is 1. The topological polar surface area (TPSA) is 52.0 Å². The maximum atomic E-state index is 14.1. The number of rotatable bonds is 7.